The van der Waals surface area contributed by atoms with E-state index in [1.807, 2.05) is 91.0 Å². The maximum atomic E-state index is 12.9. The fourth-order valence-electron chi connectivity index (χ4n) is 3.75. The van der Waals surface area contributed by atoms with Gasteiger partial charge in [0.05, 0.1) is 5.41 Å². The number of carbonyl (C=O) groups is 1. The molecule has 0 aliphatic rings. The van der Waals surface area contributed by atoms with Gasteiger partial charge in [-0.15, -0.1) is 0 Å². The van der Waals surface area contributed by atoms with E-state index in [2.05, 4.69) is 4.72 Å². The van der Waals surface area contributed by atoms with Crippen LogP contribution in [0.5, 0.6) is 5.75 Å². The molecule has 0 amide bonds. The van der Waals surface area contributed by atoms with E-state index < -0.39 is 22.1 Å². The van der Waals surface area contributed by atoms with Gasteiger partial charge in [-0.2, -0.15) is 0 Å². The molecule has 4 aromatic carbocycles. The Morgan fingerprint density at radius 2 is 1.40 bits per heavy atom. The van der Waals surface area contributed by atoms with E-state index in [9.17, 15) is 18.3 Å². The standard InChI is InChI=1S/C28H25NO5S/c30-28(31)27(34-26-17-9-15-21-14-7-8-16-24(21)26)18-19-29-35(32,33)20-25(22-10-3-1-4-11-22)23-12-5-2-6-13-23/h1-17,20,27,29H,18-19H2,(H,30,31). The molecule has 0 saturated heterocycles. The van der Waals surface area contributed by atoms with Gasteiger partial charge in [-0.1, -0.05) is 97.1 Å². The fraction of sp³-hybridized carbons (Fsp3) is 0.107. The van der Waals surface area contributed by atoms with Crippen molar-refractivity contribution in [2.45, 2.75) is 12.5 Å². The molecule has 1 atom stereocenters. The van der Waals surface area contributed by atoms with Gasteiger partial charge in [0, 0.05) is 23.9 Å². The Morgan fingerprint density at radius 1 is 0.829 bits per heavy atom. The fourth-order valence-corrected chi connectivity index (χ4v) is 4.82. The Balaban J connectivity index is 1.50. The summed E-state index contributed by atoms with van der Waals surface area (Å²) in [5.74, 6) is -0.726. The number of rotatable bonds is 10. The first-order chi connectivity index (χ1) is 16.9. The highest BCUT2D eigenvalue weighted by Crippen LogP contribution is 2.27. The molecule has 178 valence electrons. The number of fused-ring (bicyclic) bond motifs is 1. The predicted molar refractivity (Wildman–Crippen MR) is 138 cm³/mol. The van der Waals surface area contributed by atoms with Gasteiger partial charge in [-0.25, -0.2) is 17.9 Å². The lowest BCUT2D eigenvalue weighted by molar-refractivity contribution is -0.145. The molecule has 2 N–H and O–H groups in total. The van der Waals surface area contributed by atoms with Crippen LogP contribution in [0, 0.1) is 0 Å². The first-order valence-corrected chi connectivity index (χ1v) is 12.7. The molecule has 0 aliphatic heterocycles. The summed E-state index contributed by atoms with van der Waals surface area (Å²) in [5, 5.41) is 12.6. The molecule has 0 heterocycles. The summed E-state index contributed by atoms with van der Waals surface area (Å²) < 4.78 is 34.1. The maximum Gasteiger partial charge on any atom is 0.344 e. The van der Waals surface area contributed by atoms with E-state index in [-0.39, 0.29) is 13.0 Å². The molecule has 6 nitrogen and oxygen atoms in total. The summed E-state index contributed by atoms with van der Waals surface area (Å²) in [4.78, 5) is 11.8. The molecule has 7 heteroatoms. The van der Waals surface area contributed by atoms with Gasteiger partial charge in [0.25, 0.3) is 0 Å². The molecule has 0 fully saturated rings. The van der Waals surface area contributed by atoms with Gasteiger partial charge in [-0.05, 0) is 22.6 Å². The highest BCUT2D eigenvalue weighted by molar-refractivity contribution is 7.92. The van der Waals surface area contributed by atoms with Crippen LogP contribution in [0.25, 0.3) is 16.3 Å². The number of sulfonamides is 1. The quantitative estimate of drug-likeness (QED) is 0.326. The summed E-state index contributed by atoms with van der Waals surface area (Å²) in [5.41, 5.74) is 2.05. The monoisotopic (exact) mass is 487 g/mol. The van der Waals surface area contributed by atoms with Crippen molar-refractivity contribution in [2.75, 3.05) is 6.54 Å². The van der Waals surface area contributed by atoms with Crippen molar-refractivity contribution in [1.29, 1.82) is 0 Å². The summed E-state index contributed by atoms with van der Waals surface area (Å²) >= 11 is 0. The second-order valence-electron chi connectivity index (χ2n) is 7.91. The number of carboxylic acid groups (broad SMARTS) is 1. The molecule has 4 aromatic rings. The van der Waals surface area contributed by atoms with Gasteiger partial charge >= 0.3 is 5.97 Å². The van der Waals surface area contributed by atoms with E-state index in [1.165, 1.54) is 5.41 Å². The minimum absolute atomic E-state index is 0.0440. The summed E-state index contributed by atoms with van der Waals surface area (Å²) in [7, 11) is -3.87. The van der Waals surface area contributed by atoms with Gasteiger partial charge < -0.3 is 9.84 Å². The average molecular weight is 488 g/mol. The number of hydrogen-bond donors (Lipinski definition) is 2. The Hall–Kier alpha value is -3.94. The zero-order valence-electron chi connectivity index (χ0n) is 18.9. The van der Waals surface area contributed by atoms with Crippen LogP contribution in [-0.2, 0) is 14.8 Å². The van der Waals surface area contributed by atoms with Crippen LogP contribution in [0.1, 0.15) is 17.5 Å². The molecule has 0 spiro atoms. The van der Waals surface area contributed by atoms with Crippen molar-refractivity contribution in [1.82, 2.24) is 4.72 Å². The molecule has 0 saturated carbocycles. The highest BCUT2D eigenvalue weighted by Gasteiger charge is 2.21. The van der Waals surface area contributed by atoms with E-state index in [0.29, 0.717) is 11.3 Å². The van der Waals surface area contributed by atoms with Crippen LogP contribution < -0.4 is 9.46 Å². The topological polar surface area (TPSA) is 92.7 Å². The highest BCUT2D eigenvalue weighted by atomic mass is 32.2. The van der Waals surface area contributed by atoms with Gasteiger partial charge in [0.1, 0.15) is 5.75 Å². The minimum atomic E-state index is -3.87. The number of hydrogen-bond acceptors (Lipinski definition) is 4. The SMILES string of the molecule is O=C(O)C(CCNS(=O)(=O)C=C(c1ccccc1)c1ccccc1)Oc1cccc2ccccc12. The van der Waals surface area contributed by atoms with Crippen LogP contribution >= 0.6 is 0 Å². The lowest BCUT2D eigenvalue weighted by Crippen LogP contribution is -2.33. The van der Waals surface area contributed by atoms with Crippen molar-refractivity contribution in [3.63, 3.8) is 0 Å². The Kier molecular flexibility index (Phi) is 7.60. The molecule has 0 aliphatic carbocycles. The molecule has 0 bridgehead atoms. The van der Waals surface area contributed by atoms with Crippen LogP contribution in [0.4, 0.5) is 0 Å². The zero-order valence-corrected chi connectivity index (χ0v) is 19.7. The second-order valence-corrected chi connectivity index (χ2v) is 9.53. The molecule has 0 radical (unpaired) electrons. The molecular weight excluding hydrogens is 462 g/mol. The van der Waals surface area contributed by atoms with Crippen molar-refractivity contribution in [3.05, 3.63) is 120 Å². The number of ether oxygens (including phenoxy) is 1. The van der Waals surface area contributed by atoms with E-state index >= 15 is 0 Å². The number of aliphatic carboxylic acids is 1. The number of carboxylic acids is 1. The molecule has 35 heavy (non-hydrogen) atoms. The Morgan fingerprint density at radius 3 is 2.03 bits per heavy atom. The number of nitrogens with one attached hydrogen (secondary N) is 1. The zero-order chi connectivity index (χ0) is 24.7. The third kappa shape index (κ3) is 6.35. The van der Waals surface area contributed by atoms with Crippen molar-refractivity contribution in [3.8, 4) is 5.75 Å². The summed E-state index contributed by atoms with van der Waals surface area (Å²) in [6.45, 7) is -0.0998. The third-order valence-electron chi connectivity index (χ3n) is 5.45. The van der Waals surface area contributed by atoms with Crippen molar-refractivity contribution in [2.24, 2.45) is 0 Å². The van der Waals surface area contributed by atoms with Gasteiger partial charge in [0.15, 0.2) is 6.10 Å². The molecule has 4 rings (SSSR count). The van der Waals surface area contributed by atoms with Crippen LogP contribution in [-0.4, -0.2) is 32.1 Å². The molecule has 0 aromatic heterocycles. The van der Waals surface area contributed by atoms with E-state index in [4.69, 9.17) is 4.74 Å². The van der Waals surface area contributed by atoms with Crippen molar-refractivity contribution >= 4 is 32.3 Å². The van der Waals surface area contributed by atoms with Gasteiger partial charge in [-0.3, -0.25) is 0 Å². The lowest BCUT2D eigenvalue weighted by Gasteiger charge is -2.17. The largest absolute Gasteiger partial charge is 0.479 e. The van der Waals surface area contributed by atoms with Crippen LogP contribution in [0.2, 0.25) is 0 Å². The summed E-state index contributed by atoms with van der Waals surface area (Å²) in [6, 6.07) is 31.4. The normalized spacial score (nSPS) is 12.1. The van der Waals surface area contributed by atoms with Crippen LogP contribution in [0.15, 0.2) is 109 Å². The predicted octanol–water partition coefficient (Wildman–Crippen LogP) is 5.07. The minimum Gasteiger partial charge on any atom is -0.479 e. The first kappa shape index (κ1) is 24.2. The van der Waals surface area contributed by atoms with Gasteiger partial charge in [0.2, 0.25) is 10.0 Å². The Labute approximate surface area is 204 Å². The maximum absolute atomic E-state index is 12.9. The second kappa shape index (κ2) is 11.0. The first-order valence-electron chi connectivity index (χ1n) is 11.1. The van der Waals surface area contributed by atoms with E-state index in [0.717, 1.165) is 21.9 Å². The van der Waals surface area contributed by atoms with Crippen LogP contribution in [0.3, 0.4) is 0 Å². The molecular formula is C28H25NO5S. The van der Waals surface area contributed by atoms with Crippen molar-refractivity contribution < 1.29 is 23.1 Å². The van der Waals surface area contributed by atoms with E-state index in [1.54, 1.807) is 12.1 Å². The smallest absolute Gasteiger partial charge is 0.344 e. The number of benzene rings is 4. The Bertz CT molecular complexity index is 1390. The lowest BCUT2D eigenvalue weighted by atomic mass is 10.00. The molecule has 1 unspecified atom stereocenters. The third-order valence-corrected chi connectivity index (χ3v) is 6.60. The summed E-state index contributed by atoms with van der Waals surface area (Å²) in [6.07, 6.45) is -1.26. The average Bonchev–Trinajstić information content (AvgIpc) is 2.88.